The van der Waals surface area contributed by atoms with E-state index in [4.69, 9.17) is 9.97 Å². The highest BCUT2D eigenvalue weighted by Gasteiger charge is 2.62. The summed E-state index contributed by atoms with van der Waals surface area (Å²) >= 11 is 0. The molecule has 4 aliphatic carbocycles. The van der Waals surface area contributed by atoms with E-state index in [9.17, 15) is 9.90 Å². The number of ketones is 1. The van der Waals surface area contributed by atoms with E-state index < -0.39 is 0 Å². The molecule has 0 bridgehead atoms. The zero-order valence-electron chi connectivity index (χ0n) is 29.0. The monoisotopic (exact) mass is 632 g/mol. The maximum absolute atomic E-state index is 14.3. The van der Waals surface area contributed by atoms with E-state index in [1.165, 1.54) is 64.2 Å². The highest BCUT2D eigenvalue weighted by atomic mass is 16.3. The number of nitrogens with zero attached hydrogens (tertiary/aromatic N) is 6. The maximum Gasteiger partial charge on any atom is 0.229 e. The van der Waals surface area contributed by atoms with Gasteiger partial charge in [0.05, 0.1) is 12.6 Å². The van der Waals surface area contributed by atoms with Gasteiger partial charge < -0.3 is 19.8 Å². The molecule has 1 aromatic heterocycles. The summed E-state index contributed by atoms with van der Waals surface area (Å²) in [4.78, 5) is 34.1. The minimum absolute atomic E-state index is 0.0837. The molecular weight excluding hydrogens is 572 g/mol. The summed E-state index contributed by atoms with van der Waals surface area (Å²) in [6.45, 7) is 16.1. The van der Waals surface area contributed by atoms with Gasteiger partial charge in [-0.15, -0.1) is 0 Å². The highest BCUT2D eigenvalue weighted by molar-refractivity contribution is 5.84. The number of piperazine rings is 1. The average Bonchev–Trinajstić information content (AvgIpc) is 3.83. The molecule has 7 fully saturated rings. The Kier molecular flexibility index (Phi) is 8.31. The van der Waals surface area contributed by atoms with Crippen molar-refractivity contribution in [3.63, 3.8) is 0 Å². The van der Waals surface area contributed by atoms with Crippen molar-refractivity contribution < 1.29 is 9.90 Å². The molecule has 1 N–H and O–H groups in total. The number of Topliss-reactive ketones (excluding diaryl/α,β-unsaturated/α-hetero) is 1. The number of aromatic nitrogens is 2. The Morgan fingerprint density at radius 3 is 2.11 bits per heavy atom. The molecule has 1 aromatic rings. The van der Waals surface area contributed by atoms with Gasteiger partial charge in [0.15, 0.2) is 5.78 Å². The van der Waals surface area contributed by atoms with Gasteiger partial charge in [-0.05, 0) is 117 Å². The Hall–Kier alpha value is -1.93. The Morgan fingerprint density at radius 2 is 1.41 bits per heavy atom. The zero-order chi connectivity index (χ0) is 31.6. The van der Waals surface area contributed by atoms with E-state index in [2.05, 4.69) is 46.4 Å². The van der Waals surface area contributed by atoms with Crippen LogP contribution in [0.3, 0.4) is 0 Å². The van der Waals surface area contributed by atoms with Gasteiger partial charge in [0.1, 0.15) is 11.6 Å². The molecular formula is C38H60N6O2. The zero-order valence-corrected chi connectivity index (χ0v) is 29.0. The summed E-state index contributed by atoms with van der Waals surface area (Å²) in [5.41, 5.74) is 0.540. The van der Waals surface area contributed by atoms with Crippen LogP contribution in [0, 0.1) is 46.3 Å². The largest absolute Gasteiger partial charge is 0.393 e. The molecule has 8 nitrogen and oxygen atoms in total. The first kappa shape index (κ1) is 31.3. The van der Waals surface area contributed by atoms with Gasteiger partial charge in [-0.25, -0.2) is 0 Å². The second-order valence-corrected chi connectivity index (χ2v) is 17.3. The van der Waals surface area contributed by atoms with E-state index in [1.807, 2.05) is 0 Å². The fourth-order valence-corrected chi connectivity index (χ4v) is 12.5. The Labute approximate surface area is 277 Å². The van der Waals surface area contributed by atoms with Crippen LogP contribution >= 0.6 is 0 Å². The first-order chi connectivity index (χ1) is 22.2. The van der Waals surface area contributed by atoms with Crippen molar-refractivity contribution in [2.45, 2.75) is 104 Å². The molecule has 4 heterocycles. The molecule has 3 saturated heterocycles. The van der Waals surface area contributed by atoms with Gasteiger partial charge in [0.2, 0.25) is 5.95 Å². The molecule has 9 atom stereocenters. The molecule has 0 radical (unpaired) electrons. The summed E-state index contributed by atoms with van der Waals surface area (Å²) in [5.74, 6) is 7.19. The Morgan fingerprint density at radius 1 is 0.783 bits per heavy atom. The fourth-order valence-electron chi connectivity index (χ4n) is 12.5. The van der Waals surface area contributed by atoms with Crippen LogP contribution in [0.4, 0.5) is 17.6 Å². The van der Waals surface area contributed by atoms with Crippen molar-refractivity contribution in [3.05, 3.63) is 6.07 Å². The van der Waals surface area contributed by atoms with Crippen LogP contribution in [-0.2, 0) is 4.79 Å². The van der Waals surface area contributed by atoms with Gasteiger partial charge in [0, 0.05) is 64.3 Å². The second-order valence-electron chi connectivity index (χ2n) is 17.3. The van der Waals surface area contributed by atoms with Crippen molar-refractivity contribution in [2.75, 3.05) is 73.6 Å². The average molecular weight is 633 g/mol. The topological polar surface area (TPSA) is 76.0 Å². The van der Waals surface area contributed by atoms with E-state index in [0.717, 1.165) is 94.6 Å². The Balaban J connectivity index is 0.922. The second kappa shape index (κ2) is 12.2. The first-order valence-corrected chi connectivity index (χ1v) is 19.3. The lowest BCUT2D eigenvalue weighted by atomic mass is 9.44. The Bertz CT molecular complexity index is 1240. The predicted molar refractivity (Wildman–Crippen MR) is 184 cm³/mol. The van der Waals surface area contributed by atoms with Crippen molar-refractivity contribution in [1.29, 1.82) is 0 Å². The number of rotatable bonds is 6. The number of carbonyl (C=O) groups excluding carboxylic acids is 1. The SMILES string of the molecule is C[C@@H]1C[C@H]2[C@@H]3CC[C@H]4C[C@H](O)CC[C@]4(C)[C@H]3CC[C@]2(C)[C@H]1C(=O)CN1CCN(c2cc(N3CCCC3)nc(N3CCCC3)n2)CC1. The first-order valence-electron chi connectivity index (χ1n) is 19.3. The van der Waals surface area contributed by atoms with Gasteiger partial charge >= 0.3 is 0 Å². The standard InChI is InChI=1S/C38H60N6O2/c1-26-22-31-29-9-8-27-23-28(45)10-12-37(27,2)30(29)11-13-38(31,3)35(26)32(46)25-41-18-20-43(21-19-41)34-24-33(42-14-4-5-15-42)39-36(40-34)44-16-6-7-17-44/h24,26-31,35,45H,4-23,25H2,1-3H3/t26-,27+,28-,29-,30+,31+,35-,37+,38+/m1/s1. The number of anilines is 3. The quantitative estimate of drug-likeness (QED) is 0.433. The third kappa shape index (κ3) is 5.36. The number of fused-ring (bicyclic) bond motifs is 5. The molecule has 8 heteroatoms. The summed E-state index contributed by atoms with van der Waals surface area (Å²) in [6.07, 6.45) is 14.4. The van der Waals surface area contributed by atoms with Crippen LogP contribution in [0.15, 0.2) is 6.07 Å². The molecule has 3 aliphatic heterocycles. The lowest BCUT2D eigenvalue weighted by Gasteiger charge is -2.60. The van der Waals surface area contributed by atoms with Crippen LogP contribution in [-0.4, -0.2) is 90.8 Å². The normalized spacial score (nSPS) is 41.4. The molecule has 0 aromatic carbocycles. The van der Waals surface area contributed by atoms with E-state index in [-0.39, 0.29) is 17.4 Å². The van der Waals surface area contributed by atoms with Gasteiger partial charge in [0.25, 0.3) is 0 Å². The van der Waals surface area contributed by atoms with Crippen LogP contribution in [0.2, 0.25) is 0 Å². The molecule has 0 spiro atoms. The van der Waals surface area contributed by atoms with Gasteiger partial charge in [-0.3, -0.25) is 9.69 Å². The lowest BCUT2D eigenvalue weighted by molar-refractivity contribution is -0.141. The fraction of sp³-hybridized carbons (Fsp3) is 0.868. The van der Waals surface area contributed by atoms with Crippen molar-refractivity contribution in [3.8, 4) is 0 Å². The number of aliphatic hydroxyl groups excluding tert-OH is 1. The summed E-state index contributed by atoms with van der Waals surface area (Å²) in [7, 11) is 0. The molecule has 0 amide bonds. The minimum atomic E-state index is -0.0837. The van der Waals surface area contributed by atoms with Crippen LogP contribution in [0.5, 0.6) is 0 Å². The minimum Gasteiger partial charge on any atom is -0.393 e. The van der Waals surface area contributed by atoms with Crippen molar-refractivity contribution >= 4 is 23.4 Å². The smallest absolute Gasteiger partial charge is 0.229 e. The molecule has 254 valence electrons. The molecule has 46 heavy (non-hydrogen) atoms. The van der Waals surface area contributed by atoms with E-state index >= 15 is 0 Å². The van der Waals surface area contributed by atoms with Crippen LogP contribution < -0.4 is 14.7 Å². The number of carbonyl (C=O) groups is 1. The van der Waals surface area contributed by atoms with E-state index in [1.54, 1.807) is 0 Å². The third-order valence-corrected chi connectivity index (χ3v) is 14.9. The maximum atomic E-state index is 14.3. The summed E-state index contributed by atoms with van der Waals surface area (Å²) in [5, 5.41) is 10.4. The number of hydrogen-bond acceptors (Lipinski definition) is 8. The number of hydrogen-bond donors (Lipinski definition) is 1. The predicted octanol–water partition coefficient (Wildman–Crippen LogP) is 5.63. The van der Waals surface area contributed by atoms with Crippen molar-refractivity contribution in [1.82, 2.24) is 14.9 Å². The molecule has 7 aliphatic rings. The summed E-state index contributed by atoms with van der Waals surface area (Å²) < 4.78 is 0. The third-order valence-electron chi connectivity index (χ3n) is 14.9. The van der Waals surface area contributed by atoms with Crippen molar-refractivity contribution in [2.24, 2.45) is 46.3 Å². The highest BCUT2D eigenvalue weighted by Crippen LogP contribution is 2.68. The lowest BCUT2D eigenvalue weighted by Crippen LogP contribution is -2.55. The summed E-state index contributed by atoms with van der Waals surface area (Å²) in [6, 6.07) is 2.23. The molecule has 0 unspecified atom stereocenters. The molecule has 4 saturated carbocycles. The van der Waals surface area contributed by atoms with Crippen LogP contribution in [0.1, 0.15) is 97.8 Å². The van der Waals surface area contributed by atoms with E-state index in [0.29, 0.717) is 35.5 Å². The van der Waals surface area contributed by atoms with Crippen LogP contribution in [0.25, 0.3) is 0 Å². The van der Waals surface area contributed by atoms with Gasteiger partial charge in [-0.1, -0.05) is 20.8 Å². The van der Waals surface area contributed by atoms with Gasteiger partial charge in [-0.2, -0.15) is 9.97 Å². The molecule has 8 rings (SSSR count). The number of aliphatic hydroxyl groups is 1.